The minimum atomic E-state index is -0.855. The zero-order valence-corrected chi connectivity index (χ0v) is 12.2. The summed E-state index contributed by atoms with van der Waals surface area (Å²) in [4.78, 5) is 14.9. The Morgan fingerprint density at radius 1 is 1.50 bits per heavy atom. The van der Waals surface area contributed by atoms with Crippen LogP contribution in [0.15, 0.2) is 12.1 Å². The molecule has 1 aromatic carbocycles. The molecule has 1 heterocycles. The third-order valence-electron chi connectivity index (χ3n) is 4.31. The lowest BCUT2D eigenvalue weighted by atomic mass is 9.75. The van der Waals surface area contributed by atoms with Crippen molar-refractivity contribution in [2.75, 3.05) is 7.11 Å². The molecule has 3 rings (SSSR count). The molecule has 106 valence electrons. The molecule has 5 heteroatoms. The van der Waals surface area contributed by atoms with E-state index >= 15 is 0 Å². The lowest BCUT2D eigenvalue weighted by molar-refractivity contribution is -0.143. The number of rotatable bonds is 2. The van der Waals surface area contributed by atoms with Crippen molar-refractivity contribution < 1.29 is 14.6 Å². The molecule has 1 aliphatic carbocycles. The van der Waals surface area contributed by atoms with Crippen LogP contribution in [0.3, 0.4) is 0 Å². The minimum Gasteiger partial charge on any atom is -0.495 e. The van der Waals surface area contributed by atoms with E-state index in [1.807, 2.05) is 6.07 Å². The van der Waals surface area contributed by atoms with E-state index in [0.717, 1.165) is 35.0 Å². The Balaban J connectivity index is 2.30. The fourth-order valence-corrected chi connectivity index (χ4v) is 3.34. The highest BCUT2D eigenvalue weighted by molar-refractivity contribution is 6.32. The van der Waals surface area contributed by atoms with Crippen molar-refractivity contribution in [3.8, 4) is 5.75 Å². The fraction of sp³-hybridized carbons (Fsp3) is 0.400. The zero-order chi connectivity index (χ0) is 14.5. The molecule has 0 radical (unpaired) electrons. The van der Waals surface area contributed by atoms with Crippen LogP contribution in [0.25, 0.3) is 10.9 Å². The number of aliphatic carboxylic acids is 1. The first-order chi connectivity index (χ1) is 9.47. The Hall–Kier alpha value is -1.68. The van der Waals surface area contributed by atoms with Gasteiger partial charge in [-0.3, -0.25) is 4.79 Å². The lowest BCUT2D eigenvalue weighted by Crippen LogP contribution is -2.36. The van der Waals surface area contributed by atoms with Crippen molar-refractivity contribution in [1.82, 2.24) is 4.98 Å². The minimum absolute atomic E-state index is 0.524. The number of aromatic amines is 1. The molecule has 0 saturated carbocycles. The Kier molecular flexibility index (Phi) is 2.94. The number of methoxy groups -OCH3 is 1. The average molecular weight is 294 g/mol. The van der Waals surface area contributed by atoms with Crippen LogP contribution < -0.4 is 4.74 Å². The van der Waals surface area contributed by atoms with Gasteiger partial charge in [-0.2, -0.15) is 0 Å². The topological polar surface area (TPSA) is 62.3 Å². The summed E-state index contributed by atoms with van der Waals surface area (Å²) in [6.45, 7) is 1.78. The van der Waals surface area contributed by atoms with Gasteiger partial charge in [0.15, 0.2) is 0 Å². The summed E-state index contributed by atoms with van der Waals surface area (Å²) in [6, 6.07) is 3.69. The predicted octanol–water partition coefficient (Wildman–Crippen LogP) is 3.51. The second kappa shape index (κ2) is 4.42. The van der Waals surface area contributed by atoms with Crippen LogP contribution in [-0.2, 0) is 16.6 Å². The van der Waals surface area contributed by atoms with E-state index in [4.69, 9.17) is 16.3 Å². The molecule has 0 bridgehead atoms. The molecule has 0 fully saturated rings. The number of halogens is 1. The Morgan fingerprint density at radius 2 is 2.25 bits per heavy atom. The van der Waals surface area contributed by atoms with Gasteiger partial charge in [0, 0.05) is 16.6 Å². The first-order valence-electron chi connectivity index (χ1n) is 6.59. The molecule has 1 aromatic heterocycles. The first kappa shape index (κ1) is 13.3. The molecule has 2 aromatic rings. The number of fused-ring (bicyclic) bond motifs is 3. The van der Waals surface area contributed by atoms with Gasteiger partial charge >= 0.3 is 5.97 Å². The summed E-state index contributed by atoms with van der Waals surface area (Å²) >= 11 is 6.14. The van der Waals surface area contributed by atoms with Crippen LogP contribution >= 0.6 is 11.6 Å². The highest BCUT2D eigenvalue weighted by atomic mass is 35.5. The fourth-order valence-electron chi connectivity index (χ4n) is 3.10. The summed E-state index contributed by atoms with van der Waals surface area (Å²) in [7, 11) is 1.58. The molecule has 0 saturated heterocycles. The van der Waals surface area contributed by atoms with E-state index in [1.165, 1.54) is 0 Å². The van der Waals surface area contributed by atoms with Crippen molar-refractivity contribution in [3.63, 3.8) is 0 Å². The van der Waals surface area contributed by atoms with E-state index in [2.05, 4.69) is 4.98 Å². The summed E-state index contributed by atoms with van der Waals surface area (Å²) in [6.07, 6.45) is 2.39. The molecule has 4 nitrogen and oxygen atoms in total. The van der Waals surface area contributed by atoms with Crippen LogP contribution in [0, 0.1) is 0 Å². The normalized spacial score (nSPS) is 21.8. The van der Waals surface area contributed by atoms with Crippen LogP contribution in [0.2, 0.25) is 5.02 Å². The Labute approximate surface area is 121 Å². The van der Waals surface area contributed by atoms with Gasteiger partial charge in [-0.25, -0.2) is 0 Å². The number of nitrogens with one attached hydrogen (secondary N) is 1. The number of carboxylic acids is 1. The standard InChI is InChI=1S/C15H16ClNO3/c1-15(14(18)19)5-3-4-8-9-6-12(20-2)10(16)7-11(9)17-13(8)15/h6-7,17H,3-5H2,1-2H3,(H,18,19). The van der Waals surface area contributed by atoms with Gasteiger partial charge < -0.3 is 14.8 Å². The van der Waals surface area contributed by atoms with E-state index in [-0.39, 0.29) is 0 Å². The molecule has 0 spiro atoms. The molecule has 20 heavy (non-hydrogen) atoms. The van der Waals surface area contributed by atoms with Crippen molar-refractivity contribution in [1.29, 1.82) is 0 Å². The molecular weight excluding hydrogens is 278 g/mol. The number of hydrogen-bond acceptors (Lipinski definition) is 2. The highest BCUT2D eigenvalue weighted by Crippen LogP contribution is 2.42. The van der Waals surface area contributed by atoms with Crippen LogP contribution in [-0.4, -0.2) is 23.2 Å². The number of aryl methyl sites for hydroxylation is 1. The van der Waals surface area contributed by atoms with Crippen molar-refractivity contribution in [2.24, 2.45) is 0 Å². The van der Waals surface area contributed by atoms with Crippen LogP contribution in [0.5, 0.6) is 5.75 Å². The maximum Gasteiger partial charge on any atom is 0.315 e. The quantitative estimate of drug-likeness (QED) is 0.890. The van der Waals surface area contributed by atoms with Crippen molar-refractivity contribution in [2.45, 2.75) is 31.6 Å². The lowest BCUT2D eigenvalue weighted by Gasteiger charge is -2.29. The second-order valence-corrected chi connectivity index (χ2v) is 5.91. The Morgan fingerprint density at radius 3 is 2.90 bits per heavy atom. The maximum atomic E-state index is 11.6. The molecule has 1 unspecified atom stereocenters. The third kappa shape index (κ3) is 1.71. The molecule has 1 atom stereocenters. The number of carboxylic acid groups (broad SMARTS) is 1. The van der Waals surface area contributed by atoms with Crippen molar-refractivity contribution in [3.05, 3.63) is 28.4 Å². The summed E-state index contributed by atoms with van der Waals surface area (Å²) < 4.78 is 5.25. The zero-order valence-electron chi connectivity index (χ0n) is 11.4. The number of ether oxygens (including phenoxy) is 1. The highest BCUT2D eigenvalue weighted by Gasteiger charge is 2.41. The second-order valence-electron chi connectivity index (χ2n) is 5.50. The smallest absolute Gasteiger partial charge is 0.315 e. The third-order valence-corrected chi connectivity index (χ3v) is 4.60. The first-order valence-corrected chi connectivity index (χ1v) is 6.97. The van der Waals surface area contributed by atoms with E-state index in [9.17, 15) is 9.90 Å². The summed E-state index contributed by atoms with van der Waals surface area (Å²) in [5.74, 6) is -0.174. The SMILES string of the molecule is COc1cc2c3c([nH]c2cc1Cl)C(C)(C(=O)O)CCC3. The number of benzene rings is 1. The van der Waals surface area contributed by atoms with Gasteiger partial charge in [0.2, 0.25) is 0 Å². The van der Waals surface area contributed by atoms with Gasteiger partial charge in [-0.05, 0) is 43.9 Å². The molecular formula is C15H16ClNO3. The van der Waals surface area contributed by atoms with Crippen LogP contribution in [0.4, 0.5) is 0 Å². The van der Waals surface area contributed by atoms with E-state index in [0.29, 0.717) is 17.2 Å². The molecule has 1 aliphatic rings. The van der Waals surface area contributed by atoms with Gasteiger partial charge in [0.1, 0.15) is 11.2 Å². The number of hydrogen-bond donors (Lipinski definition) is 2. The number of aromatic nitrogens is 1. The summed E-state index contributed by atoms with van der Waals surface area (Å²) in [5, 5.41) is 11.1. The van der Waals surface area contributed by atoms with Crippen LogP contribution in [0.1, 0.15) is 31.0 Å². The van der Waals surface area contributed by atoms with E-state index < -0.39 is 11.4 Å². The van der Waals surface area contributed by atoms with E-state index in [1.54, 1.807) is 20.1 Å². The van der Waals surface area contributed by atoms with Gasteiger partial charge in [0.25, 0.3) is 0 Å². The maximum absolute atomic E-state index is 11.6. The van der Waals surface area contributed by atoms with Gasteiger partial charge in [-0.1, -0.05) is 11.6 Å². The average Bonchev–Trinajstić information content (AvgIpc) is 2.77. The number of carbonyl (C=O) groups is 1. The largest absolute Gasteiger partial charge is 0.495 e. The monoisotopic (exact) mass is 293 g/mol. The summed E-state index contributed by atoms with van der Waals surface area (Å²) in [5.41, 5.74) is 1.89. The predicted molar refractivity (Wildman–Crippen MR) is 77.8 cm³/mol. The van der Waals surface area contributed by atoms with Gasteiger partial charge in [-0.15, -0.1) is 0 Å². The number of H-pyrrole nitrogens is 1. The Bertz CT molecular complexity index is 707. The molecule has 2 N–H and O–H groups in total. The molecule has 0 amide bonds. The van der Waals surface area contributed by atoms with Crippen molar-refractivity contribution >= 4 is 28.5 Å². The molecule has 0 aliphatic heterocycles. The van der Waals surface area contributed by atoms with Gasteiger partial charge in [0.05, 0.1) is 12.1 Å².